The molecular formula is C33H47FN9O12PS. The topological polar surface area (TPSA) is 325 Å². The molecule has 0 aliphatic carbocycles. The van der Waals surface area contributed by atoms with Crippen molar-refractivity contribution in [1.82, 2.24) is 41.5 Å². The molecule has 0 unspecified atom stereocenters. The van der Waals surface area contributed by atoms with E-state index in [0.29, 0.717) is 11.3 Å². The number of thioether (sulfide) groups is 1. The van der Waals surface area contributed by atoms with Crippen molar-refractivity contribution < 1.29 is 61.9 Å². The summed E-state index contributed by atoms with van der Waals surface area (Å²) in [5.41, 5.74) is 6.31. The number of phosphoric acid groups is 1. The SMILES string of the molecule is CC(C)C[C@@H]1NC(=O)CN(Cc2ccc(F)cc2)C(=O)CSC[C@H](C(N)=O)NC(=O)[C@H]([C@@H](C)OP(=O)(O)O)NC(=O)[C@H](CO)NC(=O)[C@H](Cc2cnc[nH]2)NC1=O. The van der Waals surface area contributed by atoms with Gasteiger partial charge in [0.05, 0.1) is 31.3 Å². The van der Waals surface area contributed by atoms with Crippen LogP contribution in [0.5, 0.6) is 0 Å². The molecular weight excluding hydrogens is 796 g/mol. The lowest BCUT2D eigenvalue weighted by molar-refractivity contribution is -0.137. The number of aromatic nitrogens is 2. The highest BCUT2D eigenvalue weighted by atomic mass is 32.2. The van der Waals surface area contributed by atoms with E-state index in [0.717, 1.165) is 35.7 Å². The highest BCUT2D eigenvalue weighted by Gasteiger charge is 2.37. The van der Waals surface area contributed by atoms with Gasteiger partial charge in [-0.3, -0.25) is 38.1 Å². The molecule has 314 valence electrons. The summed E-state index contributed by atoms with van der Waals surface area (Å²) in [5.74, 6) is -8.29. The Morgan fingerprint density at radius 2 is 1.60 bits per heavy atom. The Morgan fingerprint density at radius 1 is 0.965 bits per heavy atom. The first kappa shape index (κ1) is 46.5. The van der Waals surface area contributed by atoms with Crippen LogP contribution in [-0.2, 0) is 55.6 Å². The number of nitrogens with two attached hydrogens (primary N) is 1. The number of rotatable bonds is 11. The summed E-state index contributed by atoms with van der Waals surface area (Å²) < 4.78 is 30.0. The van der Waals surface area contributed by atoms with Crippen LogP contribution < -0.4 is 32.3 Å². The summed E-state index contributed by atoms with van der Waals surface area (Å²) in [4.78, 5) is 121. The molecule has 2 aromatic rings. The number of primary amides is 1. The number of nitrogens with zero attached hydrogens (tertiary/aromatic N) is 2. The standard InChI is InChI=1S/C33H47FN9O12PS/c1-17(2)8-22-30(48)39-23(9-21-10-36-16-37-21)31(49)40-24(13-44)32(50)42-28(18(3)55-56(52,53)54)33(51)41-25(29(35)47)14-57-15-27(46)43(12-26(45)38-22)11-19-4-6-20(34)7-5-19/h4-7,10,16-18,22-25,28,44H,8-9,11-15H2,1-3H3,(H2,35,47)(H,36,37)(H,38,45)(H,39,48)(H,40,49)(H,41,51)(H,42,50)(H2,52,53,54)/t18-,22+,23+,24+,25-,28+/m1/s1. The molecule has 1 aliphatic rings. The van der Waals surface area contributed by atoms with Gasteiger partial charge < -0.3 is 57.1 Å². The van der Waals surface area contributed by atoms with E-state index in [9.17, 15) is 57.4 Å². The highest BCUT2D eigenvalue weighted by Crippen LogP contribution is 2.38. The van der Waals surface area contributed by atoms with Crippen molar-refractivity contribution >= 4 is 60.9 Å². The second kappa shape index (κ2) is 21.6. The number of H-pyrrole nitrogens is 1. The zero-order valence-corrected chi connectivity index (χ0v) is 32.9. The third kappa shape index (κ3) is 15.5. The molecule has 0 spiro atoms. The largest absolute Gasteiger partial charge is 0.469 e. The third-order valence-electron chi connectivity index (χ3n) is 8.28. The van der Waals surface area contributed by atoms with Gasteiger partial charge in [-0.1, -0.05) is 26.0 Å². The van der Waals surface area contributed by atoms with Gasteiger partial charge in [-0.15, -0.1) is 11.8 Å². The zero-order valence-electron chi connectivity index (χ0n) is 31.2. The number of carbonyl (C=O) groups excluding carboxylic acids is 7. The minimum atomic E-state index is -5.29. The maximum absolute atomic E-state index is 13.8. The van der Waals surface area contributed by atoms with E-state index in [1.54, 1.807) is 13.8 Å². The number of aliphatic hydroxyl groups is 1. The lowest BCUT2D eigenvalue weighted by Gasteiger charge is -2.28. The van der Waals surface area contributed by atoms with Gasteiger partial charge in [0.25, 0.3) is 0 Å². The second-order valence-electron chi connectivity index (χ2n) is 13.5. The molecule has 0 saturated carbocycles. The van der Waals surface area contributed by atoms with Gasteiger partial charge in [0.2, 0.25) is 41.4 Å². The molecule has 1 fully saturated rings. The Morgan fingerprint density at radius 3 is 2.18 bits per heavy atom. The predicted molar refractivity (Wildman–Crippen MR) is 199 cm³/mol. The second-order valence-corrected chi connectivity index (χ2v) is 15.7. The van der Waals surface area contributed by atoms with Crippen LogP contribution in [0.2, 0.25) is 0 Å². The van der Waals surface area contributed by atoms with Crippen LogP contribution in [0.25, 0.3) is 0 Å². The van der Waals surface area contributed by atoms with Crippen LogP contribution in [0.3, 0.4) is 0 Å². The van der Waals surface area contributed by atoms with Gasteiger partial charge >= 0.3 is 7.82 Å². The van der Waals surface area contributed by atoms with Gasteiger partial charge in [-0.25, -0.2) is 13.9 Å². The van der Waals surface area contributed by atoms with Gasteiger partial charge in [0.15, 0.2) is 0 Å². The fraction of sp³-hybridized carbons (Fsp3) is 0.515. The summed E-state index contributed by atoms with van der Waals surface area (Å²) in [7, 11) is -5.29. The molecule has 11 N–H and O–H groups in total. The maximum Gasteiger partial charge on any atom is 0.469 e. The minimum absolute atomic E-state index is 0.0746. The molecule has 57 heavy (non-hydrogen) atoms. The molecule has 21 nitrogen and oxygen atoms in total. The molecule has 3 rings (SSSR count). The molecule has 7 amide bonds. The van der Waals surface area contributed by atoms with Crippen molar-refractivity contribution in [2.45, 2.75) is 76.5 Å². The molecule has 0 radical (unpaired) electrons. The van der Waals surface area contributed by atoms with E-state index in [-0.39, 0.29) is 36.8 Å². The monoisotopic (exact) mass is 843 g/mol. The van der Waals surface area contributed by atoms with E-state index in [4.69, 9.17) is 5.73 Å². The Hall–Kier alpha value is -4.93. The summed E-state index contributed by atoms with van der Waals surface area (Å²) in [6.45, 7) is 2.73. The normalized spacial score (nSPS) is 23.4. The lowest BCUT2D eigenvalue weighted by Crippen LogP contribution is -2.62. The number of hydrogen-bond donors (Lipinski definition) is 10. The number of aromatic amines is 1. The summed E-state index contributed by atoms with van der Waals surface area (Å²) in [6, 6.07) is -2.93. The summed E-state index contributed by atoms with van der Waals surface area (Å²) >= 11 is 0.812. The number of aliphatic hydroxyl groups excluding tert-OH is 1. The number of nitrogens with one attached hydrogen (secondary N) is 6. The van der Waals surface area contributed by atoms with Gasteiger partial charge in [-0.05, 0) is 37.0 Å². The van der Waals surface area contributed by atoms with E-state index in [1.807, 2.05) is 0 Å². The van der Waals surface area contributed by atoms with Crippen LogP contribution in [-0.4, -0.2) is 132 Å². The molecule has 0 bridgehead atoms. The average molecular weight is 844 g/mol. The molecule has 1 aromatic carbocycles. The quantitative estimate of drug-likeness (QED) is 0.103. The van der Waals surface area contributed by atoms with Crippen molar-refractivity contribution in [2.75, 3.05) is 24.7 Å². The lowest BCUT2D eigenvalue weighted by atomic mass is 10.0. The Balaban J connectivity index is 2.07. The third-order valence-corrected chi connectivity index (χ3v) is 9.91. The summed E-state index contributed by atoms with van der Waals surface area (Å²) in [5, 5.41) is 22.0. The summed E-state index contributed by atoms with van der Waals surface area (Å²) in [6.07, 6.45) is 0.722. The smallest absolute Gasteiger partial charge is 0.394 e. The number of amides is 7. The molecule has 1 aliphatic heterocycles. The first-order valence-corrected chi connectivity index (χ1v) is 20.2. The molecule has 1 aromatic heterocycles. The van der Waals surface area contributed by atoms with Crippen LogP contribution in [0.4, 0.5) is 4.39 Å². The van der Waals surface area contributed by atoms with Crippen LogP contribution >= 0.6 is 19.6 Å². The number of hydrogen-bond acceptors (Lipinski definition) is 12. The van der Waals surface area contributed by atoms with Crippen molar-refractivity contribution in [3.63, 3.8) is 0 Å². The highest BCUT2D eigenvalue weighted by molar-refractivity contribution is 8.00. The fourth-order valence-corrected chi connectivity index (χ4v) is 6.98. The Labute approximate surface area is 330 Å². The van der Waals surface area contributed by atoms with Gasteiger partial charge in [0.1, 0.15) is 36.0 Å². The van der Waals surface area contributed by atoms with E-state index >= 15 is 0 Å². The average Bonchev–Trinajstić information content (AvgIpc) is 3.63. The number of imidazole rings is 1. The first-order valence-electron chi connectivity index (χ1n) is 17.5. The van der Waals surface area contributed by atoms with Crippen LogP contribution in [0, 0.1) is 11.7 Å². The Kier molecular flexibility index (Phi) is 17.6. The van der Waals surface area contributed by atoms with Crippen molar-refractivity contribution in [1.29, 1.82) is 0 Å². The fourth-order valence-electron chi connectivity index (χ4n) is 5.46. The predicted octanol–water partition coefficient (Wildman–Crippen LogP) is -2.69. The van der Waals surface area contributed by atoms with Crippen LogP contribution in [0.15, 0.2) is 36.8 Å². The minimum Gasteiger partial charge on any atom is -0.394 e. The van der Waals surface area contributed by atoms with E-state index in [1.165, 1.54) is 24.7 Å². The molecule has 6 atom stereocenters. The van der Waals surface area contributed by atoms with Crippen molar-refractivity contribution in [3.05, 3.63) is 53.9 Å². The van der Waals surface area contributed by atoms with Crippen molar-refractivity contribution in [3.8, 4) is 0 Å². The number of benzene rings is 1. The number of carbonyl (C=O) groups is 7. The van der Waals surface area contributed by atoms with E-state index in [2.05, 4.69) is 41.1 Å². The molecule has 1 saturated heterocycles. The molecule has 2 heterocycles. The zero-order chi connectivity index (χ0) is 42.4. The van der Waals surface area contributed by atoms with Gasteiger partial charge in [-0.2, -0.15) is 0 Å². The maximum atomic E-state index is 13.8. The number of phosphoric ester groups is 1. The van der Waals surface area contributed by atoms with Crippen molar-refractivity contribution in [2.24, 2.45) is 11.7 Å². The number of halogens is 1. The van der Waals surface area contributed by atoms with E-state index < -0.39 is 104 Å². The molecule has 24 heteroatoms. The van der Waals surface area contributed by atoms with Gasteiger partial charge in [0, 0.05) is 30.6 Å². The first-order chi connectivity index (χ1) is 26.8. The Bertz CT molecular complexity index is 1780. The van der Waals surface area contributed by atoms with Crippen LogP contribution in [0.1, 0.15) is 38.4 Å².